The molecule has 4 fully saturated rings. The molecule has 0 aromatic carbocycles. The van der Waals surface area contributed by atoms with Crippen LogP contribution in [0.3, 0.4) is 0 Å². The molecule has 7 heteroatoms. The molecule has 2 nitrogen and oxygen atoms in total. The van der Waals surface area contributed by atoms with E-state index in [9.17, 15) is 32.2 Å². The maximum absolute atomic E-state index is 14.7. The Labute approximate surface area is 268 Å². The van der Waals surface area contributed by atoms with Crippen molar-refractivity contribution in [2.45, 2.75) is 142 Å². The minimum absolute atomic E-state index is 0.0361. The molecule has 0 amide bonds. The molecule has 0 radical (unpaired) electrons. The second-order valence-corrected chi connectivity index (χ2v) is 16.2. The number of alkyl halides is 5. The van der Waals surface area contributed by atoms with Gasteiger partial charge in [-0.1, -0.05) is 58.3 Å². The number of rotatable bonds is 8. The fourth-order valence-corrected chi connectivity index (χ4v) is 11.2. The molecule has 0 aromatic rings. The van der Waals surface area contributed by atoms with Crippen molar-refractivity contribution < 1.29 is 32.2 Å². The third-order valence-electron chi connectivity index (χ3n) is 13.9. The fourth-order valence-electron chi connectivity index (χ4n) is 11.2. The van der Waals surface area contributed by atoms with Crippen LogP contribution in [-0.4, -0.2) is 35.0 Å². The first-order chi connectivity index (χ1) is 21.3. The summed E-state index contributed by atoms with van der Waals surface area (Å²) < 4.78 is 72.8. The Morgan fingerprint density at radius 3 is 2.36 bits per heavy atom. The topological polar surface area (TPSA) is 40.5 Å². The van der Waals surface area contributed by atoms with Crippen LogP contribution >= 0.6 is 0 Å². The predicted octanol–water partition coefficient (Wildman–Crippen LogP) is 10.4. The van der Waals surface area contributed by atoms with E-state index < -0.39 is 48.5 Å². The second kappa shape index (κ2) is 14.7. The van der Waals surface area contributed by atoms with E-state index in [2.05, 4.69) is 26.5 Å². The average Bonchev–Trinajstić information content (AvgIpc) is 3.11. The maximum atomic E-state index is 14.7. The zero-order valence-corrected chi connectivity index (χ0v) is 27.8. The molecule has 0 heterocycles. The van der Waals surface area contributed by atoms with Crippen molar-refractivity contribution in [3.63, 3.8) is 0 Å². The number of halogens is 5. The lowest BCUT2D eigenvalue weighted by molar-refractivity contribution is -0.202. The van der Waals surface area contributed by atoms with Crippen LogP contribution in [0, 0.1) is 71.0 Å². The van der Waals surface area contributed by atoms with E-state index in [-0.39, 0.29) is 53.8 Å². The highest BCUT2D eigenvalue weighted by molar-refractivity contribution is 5.24. The first-order valence-corrected chi connectivity index (χ1v) is 18.4. The molecular weight excluding hydrogens is 583 g/mol. The van der Waals surface area contributed by atoms with E-state index in [1.807, 2.05) is 6.92 Å². The molecule has 14 unspecified atom stereocenters. The molecule has 5 aliphatic carbocycles. The Morgan fingerprint density at radius 1 is 0.956 bits per heavy atom. The molecular formula is C38H59F5O2. The lowest BCUT2D eigenvalue weighted by Crippen LogP contribution is -2.41. The van der Waals surface area contributed by atoms with E-state index >= 15 is 0 Å². The lowest BCUT2D eigenvalue weighted by atomic mass is 9.62. The standard InChI is InChI=1S/C38H59F5O2/c1-5-25-14-12-24(18-33(25)44)17-27-16-15-26(20-32(27)38(41,42)43)22(3)36(45)28-13-11-21(2)31(19-28)35-30-10-8-6-7-9-29(30)23(4)34(35)37(39)40/h10,21,23-29,31-37,44-45H,3,5-9,11-20H2,1-2,4H3. The molecule has 0 aliphatic heterocycles. The van der Waals surface area contributed by atoms with Gasteiger partial charge in [-0.2, -0.15) is 13.2 Å². The van der Waals surface area contributed by atoms with Gasteiger partial charge in [0.1, 0.15) is 0 Å². The number of aliphatic hydroxyl groups excluding tert-OH is 2. The van der Waals surface area contributed by atoms with Gasteiger partial charge in [0.25, 0.3) is 0 Å². The third-order valence-corrected chi connectivity index (χ3v) is 13.9. The van der Waals surface area contributed by atoms with Gasteiger partial charge in [-0.15, -0.1) is 0 Å². The van der Waals surface area contributed by atoms with Gasteiger partial charge in [0.05, 0.1) is 18.1 Å². The SMILES string of the molecule is C=C(C1CCC(CC2CCC(CC)C(O)C2)C(C(F)(F)F)C1)C(O)C1CCC(C)C(C2C3=CCCCCC3C(C)C2C(F)F)C1. The molecule has 258 valence electrons. The van der Waals surface area contributed by atoms with Crippen molar-refractivity contribution in [2.75, 3.05) is 0 Å². The number of hydrogen-bond donors (Lipinski definition) is 2. The summed E-state index contributed by atoms with van der Waals surface area (Å²) >= 11 is 0. The summed E-state index contributed by atoms with van der Waals surface area (Å²) in [5.74, 6) is -2.46. The number of aliphatic hydroxyl groups is 2. The van der Waals surface area contributed by atoms with Crippen LogP contribution in [0.5, 0.6) is 0 Å². The van der Waals surface area contributed by atoms with E-state index in [4.69, 9.17) is 0 Å². The summed E-state index contributed by atoms with van der Waals surface area (Å²) in [4.78, 5) is 0. The molecule has 5 aliphatic rings. The van der Waals surface area contributed by atoms with Crippen molar-refractivity contribution in [2.24, 2.45) is 71.0 Å². The summed E-state index contributed by atoms with van der Waals surface area (Å²) in [6.07, 6.45) is 5.34. The van der Waals surface area contributed by atoms with Gasteiger partial charge in [0, 0.05) is 5.92 Å². The summed E-state index contributed by atoms with van der Waals surface area (Å²) in [5, 5.41) is 22.2. The molecule has 5 rings (SSSR count). The van der Waals surface area contributed by atoms with Crippen LogP contribution in [0.2, 0.25) is 0 Å². The molecule has 4 saturated carbocycles. The molecule has 0 saturated heterocycles. The molecule has 14 atom stereocenters. The highest BCUT2D eigenvalue weighted by Gasteiger charge is 2.54. The van der Waals surface area contributed by atoms with Crippen LogP contribution in [0.25, 0.3) is 0 Å². The largest absolute Gasteiger partial charge is 0.393 e. The fraction of sp³-hybridized carbons (Fsp3) is 0.895. The Bertz CT molecular complexity index is 1020. The third kappa shape index (κ3) is 7.55. The molecule has 2 N–H and O–H groups in total. The van der Waals surface area contributed by atoms with Crippen LogP contribution in [0.15, 0.2) is 23.8 Å². The summed E-state index contributed by atoms with van der Waals surface area (Å²) in [7, 11) is 0. The van der Waals surface area contributed by atoms with E-state index in [1.54, 1.807) is 0 Å². The van der Waals surface area contributed by atoms with Crippen molar-refractivity contribution in [1.82, 2.24) is 0 Å². The van der Waals surface area contributed by atoms with Gasteiger partial charge in [0.2, 0.25) is 6.43 Å². The quantitative estimate of drug-likeness (QED) is 0.204. The molecule has 0 aromatic heterocycles. The van der Waals surface area contributed by atoms with E-state index in [0.717, 1.165) is 57.8 Å². The lowest BCUT2D eigenvalue weighted by Gasteiger charge is -2.44. The highest BCUT2D eigenvalue weighted by Crippen LogP contribution is 2.58. The van der Waals surface area contributed by atoms with Crippen LogP contribution in [0.1, 0.15) is 117 Å². The normalized spacial score (nSPS) is 43.8. The maximum Gasteiger partial charge on any atom is 0.392 e. The van der Waals surface area contributed by atoms with Crippen LogP contribution < -0.4 is 0 Å². The Morgan fingerprint density at radius 2 is 1.69 bits per heavy atom. The first kappa shape index (κ1) is 35.4. The summed E-state index contributed by atoms with van der Waals surface area (Å²) in [5.41, 5.74) is 1.76. The average molecular weight is 643 g/mol. The van der Waals surface area contributed by atoms with Crippen molar-refractivity contribution in [3.8, 4) is 0 Å². The Balaban J connectivity index is 1.26. The number of hydrogen-bond acceptors (Lipinski definition) is 2. The predicted molar refractivity (Wildman–Crippen MR) is 169 cm³/mol. The zero-order valence-electron chi connectivity index (χ0n) is 27.8. The van der Waals surface area contributed by atoms with Gasteiger partial charge >= 0.3 is 6.18 Å². The smallest absolute Gasteiger partial charge is 0.392 e. The summed E-state index contributed by atoms with van der Waals surface area (Å²) in [6.45, 7) is 10.5. The van der Waals surface area contributed by atoms with Crippen molar-refractivity contribution in [3.05, 3.63) is 23.8 Å². The van der Waals surface area contributed by atoms with Crippen LogP contribution in [-0.2, 0) is 0 Å². The van der Waals surface area contributed by atoms with Gasteiger partial charge in [0.15, 0.2) is 0 Å². The zero-order chi connectivity index (χ0) is 32.6. The monoisotopic (exact) mass is 642 g/mol. The molecule has 45 heavy (non-hydrogen) atoms. The van der Waals surface area contributed by atoms with Gasteiger partial charge in [-0.25, -0.2) is 8.78 Å². The highest BCUT2D eigenvalue weighted by atomic mass is 19.4. The number of allylic oxidation sites excluding steroid dienone is 2. The Hall–Kier alpha value is -0.950. The number of fused-ring (bicyclic) bond motifs is 1. The van der Waals surface area contributed by atoms with E-state index in [0.29, 0.717) is 37.7 Å². The van der Waals surface area contributed by atoms with Gasteiger partial charge in [-0.05, 0) is 142 Å². The van der Waals surface area contributed by atoms with Gasteiger partial charge in [-0.3, -0.25) is 0 Å². The summed E-state index contributed by atoms with van der Waals surface area (Å²) in [6, 6.07) is 0. The van der Waals surface area contributed by atoms with Crippen molar-refractivity contribution in [1.29, 1.82) is 0 Å². The second-order valence-electron chi connectivity index (χ2n) is 16.2. The minimum Gasteiger partial charge on any atom is -0.393 e. The molecule has 0 bridgehead atoms. The van der Waals surface area contributed by atoms with Crippen molar-refractivity contribution >= 4 is 0 Å². The molecule has 0 spiro atoms. The van der Waals surface area contributed by atoms with Crippen LogP contribution in [0.4, 0.5) is 22.0 Å². The first-order valence-electron chi connectivity index (χ1n) is 18.4. The minimum atomic E-state index is -4.31. The van der Waals surface area contributed by atoms with E-state index in [1.165, 1.54) is 5.57 Å². The Kier molecular flexibility index (Phi) is 11.5. The van der Waals surface area contributed by atoms with Gasteiger partial charge < -0.3 is 10.2 Å².